The molecule has 122 valence electrons. The van der Waals surface area contributed by atoms with Gasteiger partial charge in [0.15, 0.2) is 11.5 Å². The number of carboxylic acids is 1. The minimum atomic E-state index is -1.01. The molecule has 2 rings (SSSR count). The van der Waals surface area contributed by atoms with Gasteiger partial charge in [-0.3, -0.25) is 0 Å². The number of hydrogen-bond acceptors (Lipinski definition) is 6. The first kappa shape index (κ1) is 16.5. The lowest BCUT2D eigenvalue weighted by atomic mass is 10.2. The van der Waals surface area contributed by atoms with Crippen LogP contribution in [0.15, 0.2) is 18.2 Å². The normalized spacial score (nSPS) is 18.0. The molecule has 7 heteroatoms. The smallest absolute Gasteiger partial charge is 0.335 e. The van der Waals surface area contributed by atoms with Crippen LogP contribution in [-0.2, 0) is 14.2 Å². The van der Waals surface area contributed by atoms with Crippen molar-refractivity contribution in [3.63, 3.8) is 0 Å². The topological polar surface area (TPSA) is 83.5 Å². The van der Waals surface area contributed by atoms with Crippen LogP contribution in [0.2, 0.25) is 0 Å². The molecule has 1 aliphatic heterocycles. The van der Waals surface area contributed by atoms with Crippen LogP contribution in [0.25, 0.3) is 0 Å². The lowest BCUT2D eigenvalue weighted by Crippen LogP contribution is -2.13. The molecule has 0 radical (unpaired) electrons. The van der Waals surface area contributed by atoms with Crippen molar-refractivity contribution in [1.29, 1.82) is 0 Å². The van der Waals surface area contributed by atoms with Crippen molar-refractivity contribution < 1.29 is 33.6 Å². The number of carbonyl (C=O) groups is 1. The Labute approximate surface area is 128 Å². The maximum absolute atomic E-state index is 11.0. The van der Waals surface area contributed by atoms with E-state index in [-0.39, 0.29) is 5.56 Å². The summed E-state index contributed by atoms with van der Waals surface area (Å²) in [4.78, 5) is 11.0. The van der Waals surface area contributed by atoms with Crippen LogP contribution in [0.1, 0.15) is 10.4 Å². The minimum Gasteiger partial charge on any atom is -0.487 e. The van der Waals surface area contributed by atoms with Crippen molar-refractivity contribution in [3.8, 4) is 11.5 Å². The average molecular weight is 312 g/mol. The third kappa shape index (κ3) is 5.51. The Hall–Kier alpha value is -1.83. The Morgan fingerprint density at radius 3 is 1.82 bits per heavy atom. The highest BCUT2D eigenvalue weighted by molar-refractivity contribution is 5.88. The fourth-order valence-electron chi connectivity index (χ4n) is 1.84. The van der Waals surface area contributed by atoms with E-state index in [1.165, 1.54) is 12.1 Å². The first-order chi connectivity index (χ1) is 10.8. The van der Waals surface area contributed by atoms with Crippen molar-refractivity contribution in [2.24, 2.45) is 0 Å². The Bertz CT molecular complexity index is 475. The predicted octanol–water partition coefficient (Wildman–Crippen LogP) is 1.21. The van der Waals surface area contributed by atoms with Gasteiger partial charge in [-0.2, -0.15) is 0 Å². The van der Waals surface area contributed by atoms with Gasteiger partial charge in [0, 0.05) is 0 Å². The van der Waals surface area contributed by atoms with Gasteiger partial charge in [-0.1, -0.05) is 0 Å². The molecule has 1 heterocycles. The van der Waals surface area contributed by atoms with Gasteiger partial charge in [0.1, 0.15) is 13.2 Å². The summed E-state index contributed by atoms with van der Waals surface area (Å²) < 4.78 is 27.2. The maximum Gasteiger partial charge on any atom is 0.335 e. The van der Waals surface area contributed by atoms with Gasteiger partial charge in [-0.15, -0.1) is 0 Å². The van der Waals surface area contributed by atoms with E-state index in [1.54, 1.807) is 6.07 Å². The third-order valence-electron chi connectivity index (χ3n) is 2.91. The summed E-state index contributed by atoms with van der Waals surface area (Å²) >= 11 is 0. The van der Waals surface area contributed by atoms with Crippen molar-refractivity contribution in [3.05, 3.63) is 23.8 Å². The fraction of sp³-hybridized carbons (Fsp3) is 0.533. The second kappa shape index (κ2) is 9.24. The molecule has 1 aromatic carbocycles. The largest absolute Gasteiger partial charge is 0.487 e. The average Bonchev–Trinajstić information content (AvgIpc) is 2.52. The van der Waals surface area contributed by atoms with E-state index < -0.39 is 5.97 Å². The standard InChI is InChI=1S/C15H20O7/c16-15(17)12-1-2-13-14(11-12)22-10-8-20-6-4-18-3-5-19-7-9-21-13/h1-2,11H,3-10H2,(H,16,17). The SMILES string of the molecule is O=C(O)c1ccc2c(c1)OCCOCCOCCOCCO2. The van der Waals surface area contributed by atoms with Gasteiger partial charge in [-0.25, -0.2) is 4.79 Å². The van der Waals surface area contributed by atoms with Gasteiger partial charge >= 0.3 is 5.97 Å². The van der Waals surface area contributed by atoms with Gasteiger partial charge in [0.05, 0.1) is 45.2 Å². The van der Waals surface area contributed by atoms with Crippen molar-refractivity contribution in [2.45, 2.75) is 0 Å². The molecule has 22 heavy (non-hydrogen) atoms. The van der Waals surface area contributed by atoms with Crippen LogP contribution in [0.5, 0.6) is 11.5 Å². The molecule has 0 saturated heterocycles. The molecule has 0 aromatic heterocycles. The molecule has 0 unspecified atom stereocenters. The van der Waals surface area contributed by atoms with Gasteiger partial charge in [-0.05, 0) is 18.2 Å². The van der Waals surface area contributed by atoms with E-state index in [9.17, 15) is 4.79 Å². The van der Waals surface area contributed by atoms with Crippen molar-refractivity contribution in [1.82, 2.24) is 0 Å². The number of rotatable bonds is 1. The van der Waals surface area contributed by atoms with E-state index in [4.69, 9.17) is 28.8 Å². The Morgan fingerprint density at radius 1 is 0.773 bits per heavy atom. The summed E-state index contributed by atoms with van der Waals surface area (Å²) in [5.74, 6) is -0.145. The van der Waals surface area contributed by atoms with E-state index in [1.807, 2.05) is 0 Å². The van der Waals surface area contributed by atoms with Crippen LogP contribution < -0.4 is 9.47 Å². The highest BCUT2D eigenvalue weighted by Gasteiger charge is 2.11. The molecule has 1 aromatic rings. The fourth-order valence-corrected chi connectivity index (χ4v) is 1.84. The zero-order valence-corrected chi connectivity index (χ0v) is 12.3. The van der Waals surface area contributed by atoms with Crippen LogP contribution in [0, 0.1) is 0 Å². The van der Waals surface area contributed by atoms with E-state index >= 15 is 0 Å². The highest BCUT2D eigenvalue weighted by Crippen LogP contribution is 2.28. The highest BCUT2D eigenvalue weighted by atomic mass is 16.6. The molecule has 0 atom stereocenters. The molecule has 7 nitrogen and oxygen atoms in total. The monoisotopic (exact) mass is 312 g/mol. The number of aromatic carboxylic acids is 1. The first-order valence-corrected chi connectivity index (χ1v) is 7.13. The zero-order valence-electron chi connectivity index (χ0n) is 12.3. The molecular weight excluding hydrogens is 292 g/mol. The molecule has 1 N–H and O–H groups in total. The zero-order chi connectivity index (χ0) is 15.6. The molecule has 1 aliphatic rings. The Balaban J connectivity index is 2.02. The minimum absolute atomic E-state index is 0.144. The number of benzene rings is 1. The summed E-state index contributed by atoms with van der Waals surface area (Å²) in [6.45, 7) is 3.43. The van der Waals surface area contributed by atoms with Crippen LogP contribution in [0.4, 0.5) is 0 Å². The third-order valence-corrected chi connectivity index (χ3v) is 2.91. The summed E-state index contributed by atoms with van der Waals surface area (Å²) in [6, 6.07) is 4.50. The number of fused-ring (bicyclic) bond motifs is 1. The molecule has 0 amide bonds. The second-order valence-electron chi connectivity index (χ2n) is 4.50. The molecular formula is C15H20O7. The molecule has 0 aliphatic carbocycles. The van der Waals surface area contributed by atoms with E-state index in [2.05, 4.69) is 0 Å². The van der Waals surface area contributed by atoms with E-state index in [0.29, 0.717) is 64.4 Å². The molecule has 0 bridgehead atoms. The summed E-state index contributed by atoms with van der Waals surface area (Å²) in [5, 5.41) is 9.04. The summed E-state index contributed by atoms with van der Waals surface area (Å²) in [5.41, 5.74) is 0.144. The Kier molecular flexibility index (Phi) is 6.95. The lowest BCUT2D eigenvalue weighted by Gasteiger charge is -2.13. The van der Waals surface area contributed by atoms with Crippen LogP contribution in [0.3, 0.4) is 0 Å². The summed E-state index contributed by atoms with van der Waals surface area (Å²) in [7, 11) is 0. The molecule has 0 spiro atoms. The van der Waals surface area contributed by atoms with E-state index in [0.717, 1.165) is 0 Å². The second-order valence-corrected chi connectivity index (χ2v) is 4.50. The quantitative estimate of drug-likeness (QED) is 0.834. The van der Waals surface area contributed by atoms with Gasteiger partial charge < -0.3 is 28.8 Å². The van der Waals surface area contributed by atoms with Crippen molar-refractivity contribution in [2.75, 3.05) is 52.9 Å². The van der Waals surface area contributed by atoms with Crippen molar-refractivity contribution >= 4 is 5.97 Å². The predicted molar refractivity (Wildman–Crippen MR) is 76.8 cm³/mol. The lowest BCUT2D eigenvalue weighted by molar-refractivity contribution is 0.00708. The molecule has 0 fully saturated rings. The molecule has 0 saturated carbocycles. The number of ether oxygens (including phenoxy) is 5. The number of carboxylic acid groups (broad SMARTS) is 1. The van der Waals surface area contributed by atoms with Crippen LogP contribution >= 0.6 is 0 Å². The van der Waals surface area contributed by atoms with Gasteiger partial charge in [0.2, 0.25) is 0 Å². The van der Waals surface area contributed by atoms with Crippen LogP contribution in [-0.4, -0.2) is 63.9 Å². The first-order valence-electron chi connectivity index (χ1n) is 7.13. The summed E-state index contributed by atoms with van der Waals surface area (Å²) in [6.07, 6.45) is 0. The maximum atomic E-state index is 11.0. The number of hydrogen-bond donors (Lipinski definition) is 1. The van der Waals surface area contributed by atoms with Gasteiger partial charge in [0.25, 0.3) is 0 Å². The Morgan fingerprint density at radius 2 is 1.27 bits per heavy atom.